The van der Waals surface area contributed by atoms with Gasteiger partial charge in [0.1, 0.15) is 0 Å². The number of aryl methyl sites for hydroxylation is 1. The lowest BCUT2D eigenvalue weighted by atomic mass is 10.0. The molecule has 3 rings (SSSR count). The van der Waals surface area contributed by atoms with Crippen LogP contribution in [0.3, 0.4) is 0 Å². The molecule has 0 aliphatic rings. The van der Waals surface area contributed by atoms with E-state index in [1.54, 1.807) is 6.20 Å². The molecule has 2 aromatic carbocycles. The van der Waals surface area contributed by atoms with Crippen LogP contribution in [0, 0.1) is 6.92 Å². The zero-order valence-corrected chi connectivity index (χ0v) is 12.5. The van der Waals surface area contributed by atoms with Gasteiger partial charge in [-0.3, -0.25) is 0 Å². The zero-order chi connectivity index (χ0) is 14.8. The quantitative estimate of drug-likeness (QED) is 0.797. The lowest BCUT2D eigenvalue weighted by molar-refractivity contribution is 0.739. The van der Waals surface area contributed by atoms with E-state index < -0.39 is 0 Å². The third-order valence-electron chi connectivity index (χ3n) is 3.55. The van der Waals surface area contributed by atoms with Crippen molar-refractivity contribution in [2.45, 2.75) is 13.0 Å². The van der Waals surface area contributed by atoms with Gasteiger partial charge in [0.15, 0.2) is 0 Å². The van der Waals surface area contributed by atoms with Crippen LogP contribution in [-0.4, -0.2) is 9.78 Å². The van der Waals surface area contributed by atoms with E-state index in [1.807, 2.05) is 66.2 Å². The van der Waals surface area contributed by atoms with Crippen molar-refractivity contribution in [1.29, 1.82) is 0 Å². The molecule has 21 heavy (non-hydrogen) atoms. The fraction of sp³-hybridized carbons (Fsp3) is 0.118. The Bertz CT molecular complexity index is 750. The van der Waals surface area contributed by atoms with E-state index in [4.69, 9.17) is 17.3 Å². The van der Waals surface area contributed by atoms with Crippen molar-refractivity contribution in [1.82, 2.24) is 9.78 Å². The van der Waals surface area contributed by atoms with Gasteiger partial charge in [0.25, 0.3) is 0 Å². The molecule has 0 saturated heterocycles. The summed E-state index contributed by atoms with van der Waals surface area (Å²) in [6.45, 7) is 1.98. The Labute approximate surface area is 129 Å². The number of halogens is 1. The highest BCUT2D eigenvalue weighted by molar-refractivity contribution is 6.32. The summed E-state index contributed by atoms with van der Waals surface area (Å²) in [6.07, 6.45) is 1.76. The molecule has 3 aromatic rings. The highest BCUT2D eigenvalue weighted by Crippen LogP contribution is 2.29. The van der Waals surface area contributed by atoms with Crippen molar-refractivity contribution in [3.63, 3.8) is 0 Å². The Morgan fingerprint density at radius 3 is 2.57 bits per heavy atom. The molecule has 0 aliphatic heterocycles. The summed E-state index contributed by atoms with van der Waals surface area (Å²) in [5, 5.41) is 5.09. The van der Waals surface area contributed by atoms with Gasteiger partial charge in [-0.15, -0.1) is 0 Å². The van der Waals surface area contributed by atoms with Crippen LogP contribution in [0.25, 0.3) is 5.69 Å². The molecule has 0 aliphatic carbocycles. The molecule has 0 radical (unpaired) electrons. The van der Waals surface area contributed by atoms with Gasteiger partial charge in [-0.25, -0.2) is 4.68 Å². The minimum atomic E-state index is -0.319. The first-order valence-electron chi connectivity index (χ1n) is 6.78. The molecule has 0 saturated carbocycles. The number of hydrogen-bond acceptors (Lipinski definition) is 2. The van der Waals surface area contributed by atoms with E-state index in [-0.39, 0.29) is 6.04 Å². The summed E-state index contributed by atoms with van der Waals surface area (Å²) < 4.78 is 1.85. The first-order valence-corrected chi connectivity index (χ1v) is 7.16. The Hall–Kier alpha value is -2.10. The van der Waals surface area contributed by atoms with Crippen LogP contribution in [0.1, 0.15) is 22.9 Å². The molecule has 1 heterocycles. The lowest BCUT2D eigenvalue weighted by Gasteiger charge is -2.17. The molecular formula is C17H16ClN3. The molecule has 0 bridgehead atoms. The Morgan fingerprint density at radius 2 is 1.81 bits per heavy atom. The smallest absolute Gasteiger partial charge is 0.0742 e. The van der Waals surface area contributed by atoms with Crippen molar-refractivity contribution < 1.29 is 0 Å². The number of aromatic nitrogens is 2. The maximum absolute atomic E-state index is 6.42. The summed E-state index contributed by atoms with van der Waals surface area (Å²) >= 11 is 6.39. The van der Waals surface area contributed by atoms with Gasteiger partial charge in [0.2, 0.25) is 0 Å². The van der Waals surface area contributed by atoms with Crippen LogP contribution in [0.4, 0.5) is 0 Å². The third-order valence-corrected chi connectivity index (χ3v) is 4.06. The molecule has 4 heteroatoms. The second-order valence-electron chi connectivity index (χ2n) is 4.96. The molecule has 106 valence electrons. The van der Waals surface area contributed by atoms with Gasteiger partial charge < -0.3 is 5.73 Å². The van der Waals surface area contributed by atoms with Crippen LogP contribution < -0.4 is 5.73 Å². The average Bonchev–Trinajstić information content (AvgIpc) is 3.00. The minimum Gasteiger partial charge on any atom is -0.319 e. The summed E-state index contributed by atoms with van der Waals surface area (Å²) in [7, 11) is 0. The van der Waals surface area contributed by atoms with Gasteiger partial charge >= 0.3 is 0 Å². The lowest BCUT2D eigenvalue weighted by Crippen LogP contribution is -2.17. The Morgan fingerprint density at radius 1 is 1.05 bits per heavy atom. The van der Waals surface area contributed by atoms with E-state index in [0.717, 1.165) is 22.5 Å². The number of benzene rings is 2. The van der Waals surface area contributed by atoms with Gasteiger partial charge in [-0.05, 0) is 36.2 Å². The fourth-order valence-corrected chi connectivity index (χ4v) is 2.65. The SMILES string of the molecule is Cc1cccc(C(N)c2ccnn2-c2ccccc2)c1Cl. The topological polar surface area (TPSA) is 43.8 Å². The number of para-hydroxylation sites is 1. The third kappa shape index (κ3) is 2.58. The molecule has 2 N–H and O–H groups in total. The monoisotopic (exact) mass is 297 g/mol. The normalized spacial score (nSPS) is 12.3. The first-order chi connectivity index (χ1) is 10.2. The number of hydrogen-bond donors (Lipinski definition) is 1. The average molecular weight is 298 g/mol. The largest absolute Gasteiger partial charge is 0.319 e. The van der Waals surface area contributed by atoms with E-state index in [2.05, 4.69) is 5.10 Å². The summed E-state index contributed by atoms with van der Waals surface area (Å²) in [5.41, 5.74) is 10.3. The van der Waals surface area contributed by atoms with Crippen LogP contribution in [0.2, 0.25) is 5.02 Å². The van der Waals surface area contributed by atoms with Crippen LogP contribution in [0.15, 0.2) is 60.8 Å². The van der Waals surface area contributed by atoms with E-state index in [0.29, 0.717) is 5.02 Å². The van der Waals surface area contributed by atoms with Gasteiger partial charge in [0.05, 0.1) is 17.4 Å². The Balaban J connectivity index is 2.06. The molecule has 0 amide bonds. The van der Waals surface area contributed by atoms with Crippen molar-refractivity contribution in [2.75, 3.05) is 0 Å². The van der Waals surface area contributed by atoms with E-state index in [1.165, 1.54) is 0 Å². The summed E-state index contributed by atoms with van der Waals surface area (Å²) in [5.74, 6) is 0. The predicted octanol–water partition coefficient (Wildman–Crippen LogP) is 3.88. The molecule has 0 spiro atoms. The predicted molar refractivity (Wildman–Crippen MR) is 85.8 cm³/mol. The molecule has 1 atom stereocenters. The number of nitrogens with two attached hydrogens (primary N) is 1. The number of nitrogens with zero attached hydrogens (tertiary/aromatic N) is 2. The van der Waals surface area contributed by atoms with Crippen LogP contribution in [0.5, 0.6) is 0 Å². The first kappa shape index (κ1) is 13.9. The van der Waals surface area contributed by atoms with E-state index >= 15 is 0 Å². The van der Waals surface area contributed by atoms with Crippen LogP contribution in [-0.2, 0) is 0 Å². The van der Waals surface area contributed by atoms with Gasteiger partial charge in [-0.2, -0.15) is 5.10 Å². The highest BCUT2D eigenvalue weighted by Gasteiger charge is 2.18. The highest BCUT2D eigenvalue weighted by atomic mass is 35.5. The molecule has 1 aromatic heterocycles. The van der Waals surface area contributed by atoms with Gasteiger partial charge in [-0.1, -0.05) is 48.0 Å². The van der Waals surface area contributed by atoms with Crippen molar-refractivity contribution in [2.24, 2.45) is 5.73 Å². The Kier molecular flexibility index (Phi) is 3.78. The van der Waals surface area contributed by atoms with E-state index in [9.17, 15) is 0 Å². The van der Waals surface area contributed by atoms with Crippen molar-refractivity contribution in [3.05, 3.63) is 82.6 Å². The fourth-order valence-electron chi connectivity index (χ4n) is 2.40. The minimum absolute atomic E-state index is 0.319. The summed E-state index contributed by atoms with van der Waals surface area (Å²) in [4.78, 5) is 0. The zero-order valence-electron chi connectivity index (χ0n) is 11.7. The molecule has 1 unspecified atom stereocenters. The second-order valence-corrected chi connectivity index (χ2v) is 5.34. The number of rotatable bonds is 3. The molecular weight excluding hydrogens is 282 g/mol. The van der Waals surface area contributed by atoms with Crippen LogP contribution >= 0.6 is 11.6 Å². The van der Waals surface area contributed by atoms with Crippen molar-refractivity contribution >= 4 is 11.6 Å². The standard InChI is InChI=1S/C17H16ClN3/c1-12-6-5-9-14(16(12)18)17(19)15-10-11-20-21(15)13-7-3-2-4-8-13/h2-11,17H,19H2,1H3. The maximum Gasteiger partial charge on any atom is 0.0742 e. The molecule has 0 fully saturated rings. The van der Waals surface area contributed by atoms with Crippen molar-refractivity contribution in [3.8, 4) is 5.69 Å². The maximum atomic E-state index is 6.42. The second kappa shape index (κ2) is 5.72. The molecule has 3 nitrogen and oxygen atoms in total. The summed E-state index contributed by atoms with van der Waals surface area (Å²) in [6, 6.07) is 17.5. The van der Waals surface area contributed by atoms with Gasteiger partial charge in [0, 0.05) is 11.2 Å².